The largest absolute Gasteiger partial charge is 2.00 e. The second kappa shape index (κ2) is 38.0. The van der Waals surface area contributed by atoms with E-state index < -0.39 is 0 Å². The molecule has 224 valence electrons. The van der Waals surface area contributed by atoms with Crippen molar-refractivity contribution >= 4 is 23.5 Å². The molecule has 0 saturated carbocycles. The van der Waals surface area contributed by atoms with Gasteiger partial charge in [-0.2, -0.15) is 167 Å². The second-order valence-electron chi connectivity index (χ2n) is 7.89. The third-order valence-corrected chi connectivity index (χ3v) is 5.90. The van der Waals surface area contributed by atoms with E-state index in [1.165, 1.54) is 45.3 Å². The SMILES string of the molecule is CCSCC.CCSCC.Cc1c[c-]ccc1.Cc1c[c-]ccc1.Cc1c[c-]ccc1.Cc1c[c-]ccc1.[Pt+2].[Pt+2]. The number of benzene rings is 4. The molecule has 0 N–H and O–H groups in total. The topological polar surface area (TPSA) is 0 Å². The van der Waals surface area contributed by atoms with Crippen LogP contribution in [0, 0.1) is 52.0 Å². The van der Waals surface area contributed by atoms with Crippen molar-refractivity contribution in [3.05, 3.63) is 144 Å². The van der Waals surface area contributed by atoms with E-state index in [4.69, 9.17) is 0 Å². The molecular formula is C36H48Pt2S2. The summed E-state index contributed by atoms with van der Waals surface area (Å²) in [6.07, 6.45) is 0. The second-order valence-corrected chi connectivity index (χ2v) is 11.0. The van der Waals surface area contributed by atoms with E-state index in [-0.39, 0.29) is 42.1 Å². The van der Waals surface area contributed by atoms with E-state index in [0.29, 0.717) is 0 Å². The van der Waals surface area contributed by atoms with Gasteiger partial charge < -0.3 is 0 Å². The Bertz CT molecular complexity index is 775. The van der Waals surface area contributed by atoms with Gasteiger partial charge in [0.15, 0.2) is 0 Å². The smallest absolute Gasteiger partial charge is 0.184 e. The molecule has 0 aliphatic heterocycles. The van der Waals surface area contributed by atoms with Crippen molar-refractivity contribution < 1.29 is 42.1 Å². The van der Waals surface area contributed by atoms with Crippen LogP contribution in [-0.2, 0) is 42.1 Å². The summed E-state index contributed by atoms with van der Waals surface area (Å²) in [6.45, 7) is 16.9. The van der Waals surface area contributed by atoms with Crippen molar-refractivity contribution in [1.29, 1.82) is 0 Å². The van der Waals surface area contributed by atoms with Gasteiger partial charge in [-0.15, -0.1) is 0 Å². The normalized spacial score (nSPS) is 8.20. The molecular weight excluding hydrogens is 887 g/mol. The van der Waals surface area contributed by atoms with E-state index in [9.17, 15) is 0 Å². The van der Waals surface area contributed by atoms with Crippen LogP contribution in [0.25, 0.3) is 0 Å². The van der Waals surface area contributed by atoms with Crippen LogP contribution >= 0.6 is 23.5 Å². The van der Waals surface area contributed by atoms with Gasteiger partial charge in [0.1, 0.15) is 0 Å². The summed E-state index contributed by atoms with van der Waals surface area (Å²) >= 11 is 3.93. The van der Waals surface area contributed by atoms with Crippen LogP contribution in [0.5, 0.6) is 0 Å². The number of rotatable bonds is 4. The van der Waals surface area contributed by atoms with Gasteiger partial charge in [0.2, 0.25) is 0 Å². The molecule has 0 amide bonds. The first-order chi connectivity index (χ1) is 18.4. The van der Waals surface area contributed by atoms with E-state index in [2.05, 4.69) is 104 Å². The van der Waals surface area contributed by atoms with Crippen molar-refractivity contribution in [2.24, 2.45) is 0 Å². The molecule has 0 spiro atoms. The maximum absolute atomic E-state index is 2.96. The quantitative estimate of drug-likeness (QED) is 0.187. The first kappa shape index (κ1) is 45.9. The van der Waals surface area contributed by atoms with Crippen LogP contribution in [0.2, 0.25) is 0 Å². The summed E-state index contributed by atoms with van der Waals surface area (Å²) < 4.78 is 0. The molecule has 4 aromatic rings. The monoisotopic (exact) mass is 934 g/mol. The van der Waals surface area contributed by atoms with Gasteiger partial charge in [-0.3, -0.25) is 0 Å². The van der Waals surface area contributed by atoms with Crippen molar-refractivity contribution in [2.45, 2.75) is 55.4 Å². The molecule has 0 aliphatic carbocycles. The summed E-state index contributed by atoms with van der Waals surface area (Å²) in [7, 11) is 0. The Morgan fingerprint density at radius 2 is 0.625 bits per heavy atom. The zero-order valence-electron chi connectivity index (χ0n) is 25.5. The molecule has 0 aliphatic rings. The molecule has 0 radical (unpaired) electrons. The van der Waals surface area contributed by atoms with Crippen LogP contribution in [0.3, 0.4) is 0 Å². The molecule has 0 aromatic heterocycles. The predicted molar refractivity (Wildman–Crippen MR) is 177 cm³/mol. The third kappa shape index (κ3) is 39.1. The molecule has 40 heavy (non-hydrogen) atoms. The minimum absolute atomic E-state index is 0. The van der Waals surface area contributed by atoms with E-state index >= 15 is 0 Å². The van der Waals surface area contributed by atoms with Crippen molar-refractivity contribution in [2.75, 3.05) is 23.0 Å². The number of thioether (sulfide) groups is 2. The standard InChI is InChI=1S/4C7H7.2C4H10S.2Pt/c4*1-7-5-3-2-4-6-7;2*1-3-5-4-2;;/h4*2-3,5-6H,1H3;2*3-4H2,1-2H3;;/q4*-1;;;2*+2. The Hall–Kier alpha value is -1.04. The van der Waals surface area contributed by atoms with Crippen LogP contribution in [0.15, 0.2) is 97.1 Å². The van der Waals surface area contributed by atoms with Gasteiger partial charge in [0.25, 0.3) is 0 Å². The molecule has 4 aromatic carbocycles. The molecule has 0 nitrogen and oxygen atoms in total. The Morgan fingerprint density at radius 3 is 0.675 bits per heavy atom. The van der Waals surface area contributed by atoms with Crippen LogP contribution in [0.1, 0.15) is 49.9 Å². The average molecular weight is 935 g/mol. The van der Waals surface area contributed by atoms with Gasteiger partial charge in [0.05, 0.1) is 0 Å². The van der Waals surface area contributed by atoms with E-state index in [0.717, 1.165) is 0 Å². The Morgan fingerprint density at radius 1 is 0.425 bits per heavy atom. The molecule has 0 atom stereocenters. The Labute approximate surface area is 285 Å². The van der Waals surface area contributed by atoms with Crippen molar-refractivity contribution in [1.82, 2.24) is 0 Å². The Balaban J connectivity index is -0.000000194. The first-order valence-electron chi connectivity index (χ1n) is 13.3. The van der Waals surface area contributed by atoms with Gasteiger partial charge >= 0.3 is 42.1 Å². The van der Waals surface area contributed by atoms with Gasteiger partial charge in [0, 0.05) is 0 Å². The Kier molecular flexibility index (Phi) is 43.6. The molecule has 4 rings (SSSR count). The van der Waals surface area contributed by atoms with Gasteiger partial charge in [-0.05, 0) is 23.0 Å². The fourth-order valence-corrected chi connectivity index (χ4v) is 3.16. The van der Waals surface area contributed by atoms with E-state index in [1.54, 1.807) is 0 Å². The molecule has 0 bridgehead atoms. The van der Waals surface area contributed by atoms with Crippen molar-refractivity contribution in [3.8, 4) is 0 Å². The summed E-state index contributed by atoms with van der Waals surface area (Å²) in [5.41, 5.74) is 5.06. The fourth-order valence-electron chi connectivity index (χ4n) is 2.34. The minimum Gasteiger partial charge on any atom is -0.184 e. The average Bonchev–Trinajstić information content (AvgIpc) is 2.93. The summed E-state index contributed by atoms with van der Waals surface area (Å²) in [5, 5.41) is 0. The summed E-state index contributed by atoms with van der Waals surface area (Å²) in [6, 6.07) is 43.4. The minimum atomic E-state index is 0. The number of hydrogen-bond acceptors (Lipinski definition) is 2. The molecule has 0 fully saturated rings. The predicted octanol–water partition coefficient (Wildman–Crippen LogP) is 10.7. The van der Waals surface area contributed by atoms with Crippen LogP contribution < -0.4 is 0 Å². The van der Waals surface area contributed by atoms with E-state index in [1.807, 2.05) is 96.3 Å². The van der Waals surface area contributed by atoms with Crippen LogP contribution in [-0.4, -0.2) is 23.0 Å². The van der Waals surface area contributed by atoms with Gasteiger partial charge in [-0.1, -0.05) is 55.4 Å². The molecule has 0 heterocycles. The van der Waals surface area contributed by atoms with Crippen LogP contribution in [0.4, 0.5) is 0 Å². The van der Waals surface area contributed by atoms with Gasteiger partial charge in [-0.25, -0.2) is 0 Å². The maximum atomic E-state index is 2.96. The fraction of sp³-hybridized carbons (Fsp3) is 0.333. The molecule has 0 unspecified atom stereocenters. The molecule has 4 heteroatoms. The molecule has 0 saturated heterocycles. The first-order valence-corrected chi connectivity index (χ1v) is 15.6. The summed E-state index contributed by atoms with van der Waals surface area (Å²) in [5.74, 6) is 5.04. The number of aryl methyl sites for hydroxylation is 4. The van der Waals surface area contributed by atoms with Crippen molar-refractivity contribution in [3.63, 3.8) is 0 Å². The zero-order valence-corrected chi connectivity index (χ0v) is 31.7. The number of hydrogen-bond donors (Lipinski definition) is 0. The zero-order chi connectivity index (χ0) is 28.7. The maximum Gasteiger partial charge on any atom is 2.00 e. The third-order valence-electron chi connectivity index (χ3n) is 4.27. The summed E-state index contributed by atoms with van der Waals surface area (Å²) in [4.78, 5) is 0.